The first kappa shape index (κ1) is 24.1. The smallest absolute Gasteiger partial charge is 0.0686 e. The number of hydrogen-bond acceptors (Lipinski definition) is 0. The van der Waals surface area contributed by atoms with Crippen molar-refractivity contribution in [3.05, 3.63) is 0 Å². The second-order valence-electron chi connectivity index (χ2n) is 9.17. The summed E-state index contributed by atoms with van der Waals surface area (Å²) < 4.78 is 0. The Labute approximate surface area is 167 Å². The van der Waals surface area contributed by atoms with E-state index in [-0.39, 0.29) is 0 Å². The molecule has 1 heteroatoms. The molecule has 0 amide bonds. The van der Waals surface area contributed by atoms with Crippen molar-refractivity contribution in [3.63, 3.8) is 0 Å². The normalized spacial score (nSPS) is 18.5. The van der Waals surface area contributed by atoms with Gasteiger partial charge in [0.1, 0.15) is 7.28 Å². The molecule has 1 rings (SSSR count). The van der Waals surface area contributed by atoms with Crippen molar-refractivity contribution in [1.82, 2.24) is 0 Å². The molecule has 0 saturated heterocycles. The summed E-state index contributed by atoms with van der Waals surface area (Å²) >= 11 is 0. The predicted octanol–water partition coefficient (Wildman–Crippen LogP) is 9.51. The zero-order valence-electron chi connectivity index (χ0n) is 18.6. The molecule has 0 heterocycles. The molecule has 1 unspecified atom stereocenters. The maximum atomic E-state index is 2.86. The Hall–Kier alpha value is 0.0649. The summed E-state index contributed by atoms with van der Waals surface area (Å²) in [5.41, 5.74) is 0. The van der Waals surface area contributed by atoms with Gasteiger partial charge in [0.05, 0.1) is 0 Å². The fourth-order valence-electron chi connectivity index (χ4n) is 4.78. The van der Waals surface area contributed by atoms with Crippen LogP contribution >= 0.6 is 0 Å². The lowest BCUT2D eigenvalue weighted by Crippen LogP contribution is -2.13. The van der Waals surface area contributed by atoms with Crippen LogP contribution in [-0.2, 0) is 0 Å². The summed E-state index contributed by atoms with van der Waals surface area (Å²) in [5, 5.41) is 0. The molecule has 1 saturated carbocycles. The molecule has 0 aromatic heterocycles. The van der Waals surface area contributed by atoms with Crippen molar-refractivity contribution in [2.24, 2.45) is 0 Å². The topological polar surface area (TPSA) is 0 Å². The summed E-state index contributed by atoms with van der Waals surface area (Å²) in [4.78, 5) is 0. The largest absolute Gasteiger partial charge is 0.117 e. The number of rotatable bonds is 14. The molecule has 1 fully saturated rings. The SMILES string of the molecule is CCCCCCCCC([B]C1CCCCCCCCC1)CCCCCC. The fraction of sp³-hybridized carbons (Fsp3) is 1.00. The lowest BCUT2D eigenvalue weighted by molar-refractivity contribution is 0.492. The standard InChI is InChI=1S/C25H50B/c1-3-5-7-9-13-17-21-24(20-16-8-6-4-2)26-25-22-18-14-11-10-12-15-19-23-25/h24-25H,3-23H2,1-2H3. The average molecular weight is 361 g/mol. The molecule has 1 aliphatic carbocycles. The van der Waals surface area contributed by atoms with Crippen LogP contribution in [0.3, 0.4) is 0 Å². The van der Waals surface area contributed by atoms with Crippen LogP contribution < -0.4 is 0 Å². The van der Waals surface area contributed by atoms with E-state index in [0.717, 1.165) is 11.6 Å². The molecule has 0 N–H and O–H groups in total. The number of hydrogen-bond donors (Lipinski definition) is 0. The minimum Gasteiger partial charge on any atom is -0.0686 e. The Balaban J connectivity index is 2.33. The zero-order chi connectivity index (χ0) is 18.7. The first-order valence-electron chi connectivity index (χ1n) is 12.7. The van der Waals surface area contributed by atoms with Gasteiger partial charge in [0, 0.05) is 0 Å². The third-order valence-electron chi connectivity index (χ3n) is 6.55. The van der Waals surface area contributed by atoms with Crippen molar-refractivity contribution >= 4 is 7.28 Å². The lowest BCUT2D eigenvalue weighted by Gasteiger charge is -2.24. The second kappa shape index (κ2) is 18.4. The Kier molecular flexibility index (Phi) is 17.1. The van der Waals surface area contributed by atoms with Crippen LogP contribution in [0, 0.1) is 0 Å². The van der Waals surface area contributed by atoms with Crippen LogP contribution in [0.2, 0.25) is 11.6 Å². The van der Waals surface area contributed by atoms with E-state index in [1.807, 2.05) is 0 Å². The van der Waals surface area contributed by atoms with Crippen LogP contribution in [0.15, 0.2) is 0 Å². The predicted molar refractivity (Wildman–Crippen MR) is 122 cm³/mol. The van der Waals surface area contributed by atoms with Crippen LogP contribution in [0.4, 0.5) is 0 Å². The quantitative estimate of drug-likeness (QED) is 0.213. The summed E-state index contributed by atoms with van der Waals surface area (Å²) in [7, 11) is 2.86. The lowest BCUT2D eigenvalue weighted by atomic mass is 9.50. The molecular formula is C25H50B. The van der Waals surface area contributed by atoms with Crippen molar-refractivity contribution in [1.29, 1.82) is 0 Å². The van der Waals surface area contributed by atoms with E-state index in [9.17, 15) is 0 Å². The molecule has 0 nitrogen and oxygen atoms in total. The fourth-order valence-corrected chi connectivity index (χ4v) is 4.78. The van der Waals surface area contributed by atoms with Gasteiger partial charge < -0.3 is 0 Å². The Morgan fingerprint density at radius 1 is 0.577 bits per heavy atom. The van der Waals surface area contributed by atoms with Gasteiger partial charge >= 0.3 is 0 Å². The highest BCUT2D eigenvalue weighted by molar-refractivity contribution is 6.39. The van der Waals surface area contributed by atoms with Gasteiger partial charge in [-0.05, 0) is 0 Å². The molecule has 1 radical (unpaired) electrons. The van der Waals surface area contributed by atoms with Gasteiger partial charge in [-0.1, -0.05) is 160 Å². The highest BCUT2D eigenvalue weighted by Crippen LogP contribution is 2.32. The third-order valence-corrected chi connectivity index (χ3v) is 6.55. The molecule has 26 heavy (non-hydrogen) atoms. The van der Waals surface area contributed by atoms with E-state index in [1.54, 1.807) is 0 Å². The van der Waals surface area contributed by atoms with Crippen LogP contribution in [0.25, 0.3) is 0 Å². The minimum absolute atomic E-state index is 0.922. The van der Waals surface area contributed by atoms with Crippen LogP contribution in [0.5, 0.6) is 0 Å². The Bertz CT molecular complexity index is 265. The van der Waals surface area contributed by atoms with Crippen molar-refractivity contribution in [3.8, 4) is 0 Å². The van der Waals surface area contributed by atoms with Crippen LogP contribution in [0.1, 0.15) is 149 Å². The zero-order valence-corrected chi connectivity index (χ0v) is 18.6. The molecule has 0 bridgehead atoms. The molecular weight excluding hydrogens is 311 g/mol. The number of unbranched alkanes of at least 4 members (excludes halogenated alkanes) is 8. The highest BCUT2D eigenvalue weighted by atomic mass is 14.1. The molecule has 1 atom stereocenters. The average Bonchev–Trinajstić information content (AvgIpc) is 2.66. The van der Waals surface area contributed by atoms with Gasteiger partial charge in [-0.3, -0.25) is 0 Å². The van der Waals surface area contributed by atoms with E-state index in [1.165, 1.54) is 135 Å². The first-order chi connectivity index (χ1) is 12.9. The van der Waals surface area contributed by atoms with E-state index in [4.69, 9.17) is 0 Å². The van der Waals surface area contributed by atoms with E-state index in [2.05, 4.69) is 21.1 Å². The third kappa shape index (κ3) is 14.2. The van der Waals surface area contributed by atoms with Gasteiger partial charge in [0.15, 0.2) is 0 Å². The van der Waals surface area contributed by atoms with Crippen molar-refractivity contribution < 1.29 is 0 Å². The van der Waals surface area contributed by atoms with Gasteiger partial charge in [-0.25, -0.2) is 0 Å². The highest BCUT2D eigenvalue weighted by Gasteiger charge is 2.18. The van der Waals surface area contributed by atoms with E-state index >= 15 is 0 Å². The second-order valence-corrected chi connectivity index (χ2v) is 9.17. The molecule has 153 valence electrons. The maximum Gasteiger partial charge on any atom is 0.117 e. The van der Waals surface area contributed by atoms with Crippen molar-refractivity contribution in [2.45, 2.75) is 160 Å². The van der Waals surface area contributed by atoms with E-state index < -0.39 is 0 Å². The maximum absolute atomic E-state index is 2.86. The van der Waals surface area contributed by atoms with Gasteiger partial charge in [0.2, 0.25) is 0 Å². The Morgan fingerprint density at radius 3 is 1.54 bits per heavy atom. The molecule has 0 aliphatic heterocycles. The van der Waals surface area contributed by atoms with Gasteiger partial charge in [0.25, 0.3) is 0 Å². The monoisotopic (exact) mass is 361 g/mol. The van der Waals surface area contributed by atoms with Crippen LogP contribution in [-0.4, -0.2) is 7.28 Å². The van der Waals surface area contributed by atoms with E-state index in [0.29, 0.717) is 0 Å². The molecule has 0 aromatic carbocycles. The first-order valence-corrected chi connectivity index (χ1v) is 12.7. The molecule has 0 aromatic rings. The summed E-state index contributed by atoms with van der Waals surface area (Å²) in [6.45, 7) is 4.65. The van der Waals surface area contributed by atoms with Gasteiger partial charge in [-0.15, -0.1) is 0 Å². The summed E-state index contributed by atoms with van der Waals surface area (Å²) in [6.07, 6.45) is 30.8. The van der Waals surface area contributed by atoms with Gasteiger partial charge in [-0.2, -0.15) is 0 Å². The minimum atomic E-state index is 0.922. The van der Waals surface area contributed by atoms with Crippen molar-refractivity contribution in [2.75, 3.05) is 0 Å². The Morgan fingerprint density at radius 2 is 1.00 bits per heavy atom. The molecule has 1 aliphatic rings. The summed E-state index contributed by atoms with van der Waals surface area (Å²) in [5.74, 6) is 1.86. The molecule has 0 spiro atoms. The summed E-state index contributed by atoms with van der Waals surface area (Å²) in [6, 6.07) is 0.